The molecule has 1 aliphatic rings. The fraction of sp³-hybridized carbons (Fsp3) is 0.611. The van der Waals surface area contributed by atoms with Gasteiger partial charge in [0.05, 0.1) is 25.1 Å². The van der Waals surface area contributed by atoms with Gasteiger partial charge in [-0.1, -0.05) is 6.92 Å². The van der Waals surface area contributed by atoms with Gasteiger partial charge in [-0.3, -0.25) is 4.79 Å². The second-order valence-electron chi connectivity index (χ2n) is 7.01. The molecule has 0 bridgehead atoms. The summed E-state index contributed by atoms with van der Waals surface area (Å²) in [5.41, 5.74) is 0.450. The summed E-state index contributed by atoms with van der Waals surface area (Å²) in [5, 5.41) is 0.486. The van der Waals surface area contributed by atoms with Crippen molar-refractivity contribution < 1.29 is 19.2 Å². The Hall–Kier alpha value is -1.77. The van der Waals surface area contributed by atoms with Crippen molar-refractivity contribution in [3.8, 4) is 0 Å². The smallest absolute Gasteiger partial charge is 0.348 e. The Morgan fingerprint density at radius 3 is 2.96 bits per heavy atom. The van der Waals surface area contributed by atoms with Crippen LogP contribution in [0.25, 0.3) is 10.2 Å². The van der Waals surface area contributed by atoms with Gasteiger partial charge in [0.15, 0.2) is 5.82 Å². The quantitative estimate of drug-likeness (QED) is 0.575. The van der Waals surface area contributed by atoms with Crippen molar-refractivity contribution in [3.63, 3.8) is 0 Å². The van der Waals surface area contributed by atoms with Crippen molar-refractivity contribution in [2.75, 3.05) is 33.4 Å². The molecular weight excluding hydrogens is 354 g/mol. The fourth-order valence-electron chi connectivity index (χ4n) is 3.54. The third-order valence-corrected chi connectivity index (χ3v) is 6.00. The number of aryl methyl sites for hydroxylation is 1. The second kappa shape index (κ2) is 8.28. The number of thiophene rings is 1. The number of nitrogens with one attached hydrogen (secondary N) is 2. The van der Waals surface area contributed by atoms with Gasteiger partial charge in [0, 0.05) is 13.0 Å². The van der Waals surface area contributed by atoms with Crippen LogP contribution in [0.15, 0.2) is 4.79 Å². The van der Waals surface area contributed by atoms with Gasteiger partial charge in [-0.2, -0.15) is 0 Å². The summed E-state index contributed by atoms with van der Waals surface area (Å²) in [6.07, 6.45) is 2.48. The molecule has 2 N–H and O–H groups in total. The van der Waals surface area contributed by atoms with Crippen LogP contribution in [0.1, 0.15) is 40.8 Å². The molecular formula is C18H26N3O4S+. The summed E-state index contributed by atoms with van der Waals surface area (Å²) >= 11 is 1.23. The summed E-state index contributed by atoms with van der Waals surface area (Å²) in [6.45, 7) is 7.47. The summed E-state index contributed by atoms with van der Waals surface area (Å²) in [5.74, 6) is 0.956. The number of aromatic nitrogens is 2. The predicted molar refractivity (Wildman–Crippen MR) is 99.9 cm³/mol. The van der Waals surface area contributed by atoms with E-state index in [1.165, 1.54) is 29.1 Å². The van der Waals surface area contributed by atoms with Crippen LogP contribution in [0, 0.1) is 12.8 Å². The molecule has 2 aromatic heterocycles. The number of piperidine rings is 1. The summed E-state index contributed by atoms with van der Waals surface area (Å²) < 4.78 is 10.1. The zero-order valence-corrected chi connectivity index (χ0v) is 16.3. The molecule has 8 heteroatoms. The maximum Gasteiger partial charge on any atom is 0.348 e. The SMILES string of the molecule is COCCOC(=O)c1sc2nc(C[NH+]3CCC[C@@H](C)C3)[nH]c(=O)c2c1C. The van der Waals surface area contributed by atoms with Gasteiger partial charge < -0.3 is 19.4 Å². The van der Waals surface area contributed by atoms with E-state index in [0.29, 0.717) is 45.6 Å². The van der Waals surface area contributed by atoms with Crippen LogP contribution in [0.5, 0.6) is 0 Å². The first-order valence-electron chi connectivity index (χ1n) is 9.01. The van der Waals surface area contributed by atoms with E-state index >= 15 is 0 Å². The highest BCUT2D eigenvalue weighted by Crippen LogP contribution is 2.27. The number of quaternary nitrogens is 1. The molecule has 0 spiro atoms. The molecule has 0 aromatic carbocycles. The van der Waals surface area contributed by atoms with E-state index < -0.39 is 5.97 Å². The second-order valence-corrected chi connectivity index (χ2v) is 8.01. The average Bonchev–Trinajstić information content (AvgIpc) is 2.92. The van der Waals surface area contributed by atoms with Gasteiger partial charge in [0.1, 0.15) is 22.9 Å². The molecule has 0 radical (unpaired) electrons. The van der Waals surface area contributed by atoms with Crippen molar-refractivity contribution in [2.45, 2.75) is 33.2 Å². The molecule has 0 aliphatic carbocycles. The minimum atomic E-state index is -0.431. The number of hydrogen-bond acceptors (Lipinski definition) is 6. The number of esters is 1. The predicted octanol–water partition coefficient (Wildman–Crippen LogP) is 0.911. The Morgan fingerprint density at radius 1 is 1.42 bits per heavy atom. The van der Waals surface area contributed by atoms with E-state index in [9.17, 15) is 9.59 Å². The van der Waals surface area contributed by atoms with Gasteiger partial charge in [0.25, 0.3) is 5.56 Å². The van der Waals surface area contributed by atoms with Gasteiger partial charge >= 0.3 is 5.97 Å². The zero-order valence-electron chi connectivity index (χ0n) is 15.5. The third-order valence-electron chi connectivity index (χ3n) is 4.84. The number of aromatic amines is 1. The Morgan fingerprint density at radius 2 is 2.23 bits per heavy atom. The Bertz CT molecular complexity index is 845. The number of nitrogens with zero attached hydrogens (tertiary/aromatic N) is 1. The molecule has 1 aliphatic heterocycles. The molecule has 2 atom stereocenters. The monoisotopic (exact) mass is 380 g/mol. The number of carbonyl (C=O) groups excluding carboxylic acids is 1. The van der Waals surface area contributed by atoms with Gasteiger partial charge in [-0.15, -0.1) is 11.3 Å². The highest BCUT2D eigenvalue weighted by Gasteiger charge is 2.23. The Kier molecular flexibility index (Phi) is 6.05. The van der Waals surface area contributed by atoms with E-state index in [4.69, 9.17) is 9.47 Å². The number of rotatable bonds is 6. The lowest BCUT2D eigenvalue weighted by molar-refractivity contribution is -0.922. The van der Waals surface area contributed by atoms with Crippen LogP contribution >= 0.6 is 11.3 Å². The van der Waals surface area contributed by atoms with E-state index in [-0.39, 0.29) is 12.2 Å². The maximum absolute atomic E-state index is 12.6. The number of carbonyl (C=O) groups is 1. The molecule has 1 fully saturated rings. The molecule has 0 amide bonds. The minimum absolute atomic E-state index is 0.181. The number of hydrogen-bond donors (Lipinski definition) is 2. The maximum atomic E-state index is 12.6. The highest BCUT2D eigenvalue weighted by molar-refractivity contribution is 7.20. The van der Waals surface area contributed by atoms with Crippen LogP contribution in [0.2, 0.25) is 0 Å². The number of fused-ring (bicyclic) bond motifs is 1. The summed E-state index contributed by atoms with van der Waals surface area (Å²) in [4.78, 5) is 34.8. The van der Waals surface area contributed by atoms with E-state index in [1.54, 1.807) is 14.0 Å². The molecule has 2 aromatic rings. The normalized spacial score (nSPS) is 20.4. The van der Waals surface area contributed by atoms with Crippen molar-refractivity contribution >= 4 is 27.5 Å². The first-order chi connectivity index (χ1) is 12.5. The van der Waals surface area contributed by atoms with Crippen LogP contribution in [-0.4, -0.2) is 49.4 Å². The number of likely N-dealkylation sites (tertiary alicyclic amines) is 1. The van der Waals surface area contributed by atoms with Gasteiger partial charge in [-0.25, -0.2) is 9.78 Å². The fourth-order valence-corrected chi connectivity index (χ4v) is 4.64. The van der Waals surface area contributed by atoms with Crippen molar-refractivity contribution in [1.82, 2.24) is 9.97 Å². The molecule has 7 nitrogen and oxygen atoms in total. The van der Waals surface area contributed by atoms with Crippen LogP contribution in [-0.2, 0) is 16.0 Å². The lowest BCUT2D eigenvalue weighted by atomic mass is 10.0. The Labute approximate surface area is 156 Å². The van der Waals surface area contributed by atoms with Crippen molar-refractivity contribution in [1.29, 1.82) is 0 Å². The molecule has 1 saturated heterocycles. The molecule has 26 heavy (non-hydrogen) atoms. The average molecular weight is 380 g/mol. The highest BCUT2D eigenvalue weighted by atomic mass is 32.1. The van der Waals surface area contributed by atoms with Gasteiger partial charge in [0.2, 0.25) is 0 Å². The summed E-state index contributed by atoms with van der Waals surface area (Å²) in [7, 11) is 1.55. The third kappa shape index (κ3) is 4.13. The van der Waals surface area contributed by atoms with E-state index in [0.717, 1.165) is 13.1 Å². The number of H-pyrrole nitrogens is 1. The van der Waals surface area contributed by atoms with Gasteiger partial charge in [-0.05, 0) is 25.3 Å². The van der Waals surface area contributed by atoms with Crippen LogP contribution in [0.4, 0.5) is 0 Å². The standard InChI is InChI=1S/C18H25N3O4S/c1-11-5-4-6-21(9-11)10-13-19-16(22)14-12(2)15(26-17(14)20-13)18(23)25-8-7-24-3/h11H,4-10H2,1-3H3,(H,19,20,22)/p+1/t11-/m1/s1. The molecule has 3 rings (SSSR count). The largest absolute Gasteiger partial charge is 0.459 e. The lowest BCUT2D eigenvalue weighted by Crippen LogP contribution is -3.12. The van der Waals surface area contributed by atoms with Crippen molar-refractivity contribution in [2.24, 2.45) is 5.92 Å². The van der Waals surface area contributed by atoms with E-state index in [1.807, 2.05) is 0 Å². The topological polar surface area (TPSA) is 85.7 Å². The van der Waals surface area contributed by atoms with Crippen molar-refractivity contribution in [3.05, 3.63) is 26.6 Å². The first-order valence-corrected chi connectivity index (χ1v) is 9.83. The van der Waals surface area contributed by atoms with Crippen LogP contribution < -0.4 is 10.5 Å². The molecule has 0 saturated carbocycles. The number of ether oxygens (including phenoxy) is 2. The Balaban J connectivity index is 1.84. The van der Waals surface area contributed by atoms with Crippen LogP contribution in [0.3, 0.4) is 0 Å². The lowest BCUT2D eigenvalue weighted by Gasteiger charge is -2.27. The molecule has 142 valence electrons. The summed E-state index contributed by atoms with van der Waals surface area (Å²) in [6, 6.07) is 0. The van der Waals surface area contributed by atoms with E-state index in [2.05, 4.69) is 16.9 Å². The first kappa shape index (κ1) is 19.0. The minimum Gasteiger partial charge on any atom is -0.459 e. The molecule has 1 unspecified atom stereocenters. The molecule has 3 heterocycles. The number of methoxy groups -OCH3 is 1. The zero-order chi connectivity index (χ0) is 18.7.